The molecule has 0 aliphatic carbocycles. The number of hydrogen-bond donors (Lipinski definition) is 2. The lowest BCUT2D eigenvalue weighted by atomic mass is 11.3. The first-order chi connectivity index (χ1) is 3.63. The number of carbonyl (C=O) groups excluding carboxylic acids is 1. The fourth-order valence-electron chi connectivity index (χ4n) is 0.0626. The van der Waals surface area contributed by atoms with Gasteiger partial charge in [0.1, 0.15) is 0 Å². The number of rotatable bonds is 2. The predicted octanol–water partition coefficient (Wildman–Crippen LogP) is -0.850. The Balaban J connectivity index is 3.18. The minimum atomic E-state index is -2.61. The summed E-state index contributed by atoms with van der Waals surface area (Å²) in [5, 5.41) is 0. The molecule has 0 radical (unpaired) electrons. The minimum absolute atomic E-state index is 1.27. The third kappa shape index (κ3) is 5.34. The maximum Gasteiger partial charge on any atom is 0.437 e. The highest BCUT2D eigenvalue weighted by Crippen LogP contribution is 1.79. The topological polar surface area (TPSA) is 98.9 Å². The first kappa shape index (κ1) is 7.34. The molecule has 0 saturated heterocycles. The summed E-state index contributed by atoms with van der Waals surface area (Å²) >= 11 is -2.61. The Labute approximate surface area is 47.0 Å². The molecule has 0 fully saturated rings. The lowest BCUT2D eigenvalue weighted by Crippen LogP contribution is -2.13. The summed E-state index contributed by atoms with van der Waals surface area (Å²) in [6.07, 6.45) is -1.27. The molecule has 0 aliphatic rings. The molecule has 48 valence electrons. The molecule has 1 unspecified atom stereocenters. The van der Waals surface area contributed by atoms with Crippen molar-refractivity contribution in [3.05, 3.63) is 0 Å². The molecule has 0 aromatic heterocycles. The molecule has 0 aromatic rings. The summed E-state index contributed by atoms with van der Waals surface area (Å²) in [6.45, 7) is 0. The molecule has 1 atom stereocenters. The van der Waals surface area contributed by atoms with Gasteiger partial charge < -0.3 is 5.73 Å². The van der Waals surface area contributed by atoms with Crippen LogP contribution in [0.25, 0.3) is 0 Å². The highest BCUT2D eigenvalue weighted by Gasteiger charge is 1.96. The Hall–Kier alpha value is -0.660. The SMILES string of the molecule is NC(=O)OOS(=O)O. The third-order valence-electron chi connectivity index (χ3n) is 0.174. The van der Waals surface area contributed by atoms with E-state index in [1.165, 1.54) is 0 Å². The third-order valence-corrected chi connectivity index (χ3v) is 0.359. The standard InChI is InChI=1S/CH3NO5S/c2-1(3)6-7-8(4)5/h(H2,2,3)(H,4,5). The molecule has 0 spiro atoms. The van der Waals surface area contributed by atoms with E-state index in [4.69, 9.17) is 4.55 Å². The summed E-state index contributed by atoms with van der Waals surface area (Å²) in [6, 6.07) is 0. The second-order valence-corrected chi connectivity index (χ2v) is 1.26. The van der Waals surface area contributed by atoms with Gasteiger partial charge in [0.05, 0.1) is 0 Å². The van der Waals surface area contributed by atoms with Gasteiger partial charge in [-0.2, -0.15) is 4.21 Å². The fraction of sp³-hybridized carbons (Fsp3) is 0. The van der Waals surface area contributed by atoms with Crippen molar-refractivity contribution in [2.75, 3.05) is 0 Å². The molecule has 3 N–H and O–H groups in total. The van der Waals surface area contributed by atoms with Crippen molar-refractivity contribution in [3.8, 4) is 0 Å². The van der Waals surface area contributed by atoms with Crippen LogP contribution in [0.4, 0.5) is 4.79 Å². The lowest BCUT2D eigenvalue weighted by molar-refractivity contribution is -0.133. The van der Waals surface area contributed by atoms with Crippen molar-refractivity contribution in [2.45, 2.75) is 0 Å². The van der Waals surface area contributed by atoms with Crippen LogP contribution in [0, 0.1) is 0 Å². The van der Waals surface area contributed by atoms with Crippen LogP contribution >= 0.6 is 0 Å². The molecule has 0 saturated carbocycles. The van der Waals surface area contributed by atoms with Crippen molar-refractivity contribution in [3.63, 3.8) is 0 Å². The van der Waals surface area contributed by atoms with Gasteiger partial charge in [0.2, 0.25) is 0 Å². The molecule has 0 bridgehead atoms. The van der Waals surface area contributed by atoms with Gasteiger partial charge in [-0.05, 0) is 4.33 Å². The normalized spacial score (nSPS) is 12.6. The van der Waals surface area contributed by atoms with Gasteiger partial charge >= 0.3 is 17.5 Å². The largest absolute Gasteiger partial charge is 0.437 e. The maximum atomic E-state index is 9.53. The molecule has 1 amide bonds. The number of primary amides is 1. The van der Waals surface area contributed by atoms with Gasteiger partial charge in [-0.25, -0.2) is 4.79 Å². The van der Waals surface area contributed by atoms with Gasteiger partial charge in [-0.3, -0.25) is 9.44 Å². The zero-order valence-electron chi connectivity index (χ0n) is 3.57. The second kappa shape index (κ2) is 3.36. The molecular weight excluding hydrogens is 138 g/mol. The van der Waals surface area contributed by atoms with E-state index in [2.05, 4.69) is 15.0 Å². The van der Waals surface area contributed by atoms with Crippen LogP contribution in [0.2, 0.25) is 0 Å². The highest BCUT2D eigenvalue weighted by atomic mass is 32.2. The first-order valence-corrected chi connectivity index (χ1v) is 2.41. The Bertz CT molecular complexity index is 97.0. The van der Waals surface area contributed by atoms with Crippen molar-refractivity contribution < 1.29 is 22.8 Å². The van der Waals surface area contributed by atoms with Crippen LogP contribution in [0.1, 0.15) is 0 Å². The quantitative estimate of drug-likeness (QED) is 0.296. The predicted molar refractivity (Wildman–Crippen MR) is 22.5 cm³/mol. The first-order valence-electron chi connectivity index (χ1n) is 1.38. The monoisotopic (exact) mass is 141 g/mol. The lowest BCUT2D eigenvalue weighted by Gasteiger charge is -1.89. The zero-order chi connectivity index (χ0) is 6.57. The molecule has 0 aliphatic heterocycles. The van der Waals surface area contributed by atoms with Gasteiger partial charge in [0, 0.05) is 0 Å². The van der Waals surface area contributed by atoms with Crippen LogP contribution in [0.3, 0.4) is 0 Å². The Kier molecular flexibility index (Phi) is 3.08. The minimum Gasteiger partial charge on any atom is -0.333 e. The van der Waals surface area contributed by atoms with E-state index in [1.54, 1.807) is 0 Å². The summed E-state index contributed by atoms with van der Waals surface area (Å²) in [7, 11) is 0. The summed E-state index contributed by atoms with van der Waals surface area (Å²) in [5.41, 5.74) is 4.31. The van der Waals surface area contributed by atoms with Crippen molar-refractivity contribution >= 4 is 17.5 Å². The molecule has 6 nitrogen and oxygen atoms in total. The van der Waals surface area contributed by atoms with Crippen molar-refractivity contribution in [2.24, 2.45) is 5.73 Å². The summed E-state index contributed by atoms with van der Waals surface area (Å²) in [5.74, 6) is 0. The number of amides is 1. The average molecular weight is 141 g/mol. The van der Waals surface area contributed by atoms with Gasteiger partial charge in [-0.15, -0.1) is 0 Å². The Morgan fingerprint density at radius 1 is 1.75 bits per heavy atom. The molecule has 0 heterocycles. The average Bonchev–Trinajstić information content (AvgIpc) is 1.61. The summed E-state index contributed by atoms with van der Waals surface area (Å²) in [4.78, 5) is 12.9. The van der Waals surface area contributed by atoms with Crippen molar-refractivity contribution in [1.29, 1.82) is 0 Å². The second-order valence-electron chi connectivity index (χ2n) is 0.688. The number of nitrogens with two attached hydrogens (primary N) is 1. The molecule has 0 aromatic carbocycles. The van der Waals surface area contributed by atoms with Gasteiger partial charge in [0.25, 0.3) is 0 Å². The molecule has 7 heteroatoms. The van der Waals surface area contributed by atoms with Gasteiger partial charge in [0.15, 0.2) is 0 Å². The Morgan fingerprint density at radius 3 is 2.38 bits per heavy atom. The van der Waals surface area contributed by atoms with E-state index < -0.39 is 17.5 Å². The van der Waals surface area contributed by atoms with E-state index in [0.29, 0.717) is 0 Å². The zero-order valence-corrected chi connectivity index (χ0v) is 4.38. The van der Waals surface area contributed by atoms with Crippen LogP contribution in [-0.2, 0) is 20.6 Å². The number of hydrogen-bond acceptors (Lipinski definition) is 4. The Morgan fingerprint density at radius 2 is 2.25 bits per heavy atom. The summed E-state index contributed by atoms with van der Waals surface area (Å²) < 4.78 is 20.5. The molecule has 0 rings (SSSR count). The van der Waals surface area contributed by atoms with Crippen LogP contribution in [0.5, 0.6) is 0 Å². The van der Waals surface area contributed by atoms with Gasteiger partial charge in [-0.1, -0.05) is 0 Å². The van der Waals surface area contributed by atoms with E-state index in [-0.39, 0.29) is 0 Å². The van der Waals surface area contributed by atoms with Crippen LogP contribution in [0.15, 0.2) is 0 Å². The number of carbonyl (C=O) groups is 1. The van der Waals surface area contributed by atoms with Crippen LogP contribution in [-0.4, -0.2) is 14.9 Å². The molecular formula is CH3NO5S. The van der Waals surface area contributed by atoms with E-state index in [1.807, 2.05) is 0 Å². The van der Waals surface area contributed by atoms with E-state index in [0.717, 1.165) is 0 Å². The van der Waals surface area contributed by atoms with Crippen LogP contribution < -0.4 is 5.73 Å². The maximum absolute atomic E-state index is 9.53. The van der Waals surface area contributed by atoms with E-state index >= 15 is 0 Å². The molecule has 8 heavy (non-hydrogen) atoms. The van der Waals surface area contributed by atoms with Crippen molar-refractivity contribution in [1.82, 2.24) is 0 Å². The smallest absolute Gasteiger partial charge is 0.333 e. The fourth-order valence-corrected chi connectivity index (χ4v) is 0.188. The van der Waals surface area contributed by atoms with E-state index in [9.17, 15) is 9.00 Å². The highest BCUT2D eigenvalue weighted by molar-refractivity contribution is 7.74.